The molecule has 1 aliphatic carbocycles. The zero-order valence-electron chi connectivity index (χ0n) is 14.7. The van der Waals surface area contributed by atoms with E-state index in [0.29, 0.717) is 35.5 Å². The van der Waals surface area contributed by atoms with Crippen molar-refractivity contribution in [2.75, 3.05) is 0 Å². The van der Waals surface area contributed by atoms with Gasteiger partial charge >= 0.3 is 0 Å². The fourth-order valence-corrected chi connectivity index (χ4v) is 3.91. The van der Waals surface area contributed by atoms with Crippen molar-refractivity contribution >= 4 is 17.5 Å². The first-order valence-corrected chi connectivity index (χ1v) is 8.93. The van der Waals surface area contributed by atoms with Gasteiger partial charge in [-0.3, -0.25) is 9.48 Å². The Balaban J connectivity index is 1.67. The molecule has 0 bridgehead atoms. The van der Waals surface area contributed by atoms with Crippen LogP contribution in [0.1, 0.15) is 39.9 Å². The molecule has 1 aliphatic rings. The van der Waals surface area contributed by atoms with Gasteiger partial charge < -0.3 is 10.4 Å². The van der Waals surface area contributed by atoms with E-state index in [1.54, 1.807) is 29.2 Å². The van der Waals surface area contributed by atoms with E-state index in [0.717, 1.165) is 11.1 Å². The number of aryl methyl sites for hydroxylation is 2. The van der Waals surface area contributed by atoms with Crippen molar-refractivity contribution < 1.29 is 9.90 Å². The molecule has 2 N–H and O–H groups in total. The van der Waals surface area contributed by atoms with Crippen molar-refractivity contribution in [2.45, 2.75) is 45.4 Å². The monoisotopic (exact) mass is 372 g/mol. The summed E-state index contributed by atoms with van der Waals surface area (Å²) in [5.74, 6) is 0.00532. The van der Waals surface area contributed by atoms with E-state index in [1.807, 2.05) is 13.8 Å². The number of aliphatic hydroxyl groups excluding tert-OH is 1. The number of hydrogen-bond acceptors (Lipinski definition) is 4. The van der Waals surface area contributed by atoms with E-state index in [2.05, 4.69) is 16.5 Å². The van der Waals surface area contributed by atoms with E-state index < -0.39 is 6.10 Å². The fourth-order valence-electron chi connectivity index (χ4n) is 3.75. The highest BCUT2D eigenvalue weighted by molar-refractivity contribution is 6.30. The second kappa shape index (κ2) is 7.48. The molecule has 1 aromatic carbocycles. The highest BCUT2D eigenvalue weighted by atomic mass is 35.5. The quantitative estimate of drug-likeness (QED) is 0.863. The van der Waals surface area contributed by atoms with Gasteiger partial charge in [0, 0.05) is 18.3 Å². The van der Waals surface area contributed by atoms with Crippen molar-refractivity contribution in [3.8, 4) is 6.07 Å². The van der Waals surface area contributed by atoms with Crippen LogP contribution in [0.4, 0.5) is 0 Å². The Morgan fingerprint density at radius 3 is 2.69 bits per heavy atom. The highest BCUT2D eigenvalue weighted by Gasteiger charge is 2.34. The second-order valence-corrected chi connectivity index (χ2v) is 7.40. The second-order valence-electron chi connectivity index (χ2n) is 6.96. The van der Waals surface area contributed by atoms with E-state index in [9.17, 15) is 9.90 Å². The summed E-state index contributed by atoms with van der Waals surface area (Å²) in [6, 6.07) is 5.21. The highest BCUT2D eigenvalue weighted by Crippen LogP contribution is 2.28. The molecule has 0 spiro atoms. The van der Waals surface area contributed by atoms with Gasteiger partial charge in [0.05, 0.1) is 35.0 Å². The van der Waals surface area contributed by atoms with Gasteiger partial charge in [-0.05, 0) is 55.9 Å². The van der Waals surface area contributed by atoms with Crippen molar-refractivity contribution in [1.82, 2.24) is 15.1 Å². The van der Waals surface area contributed by atoms with Crippen molar-refractivity contribution in [1.29, 1.82) is 5.26 Å². The first-order chi connectivity index (χ1) is 12.4. The summed E-state index contributed by atoms with van der Waals surface area (Å²) in [6.07, 6.45) is 4.03. The molecular formula is C19H21ClN4O2. The number of benzene rings is 1. The van der Waals surface area contributed by atoms with Crippen molar-refractivity contribution in [2.24, 2.45) is 5.92 Å². The number of hydrogen-bond donors (Lipinski definition) is 2. The Hall–Kier alpha value is -2.36. The molecule has 2 aromatic rings. The number of nitrogens with one attached hydrogen (secondary N) is 1. The number of nitrogens with zero attached hydrogens (tertiary/aromatic N) is 3. The number of nitriles is 1. The van der Waals surface area contributed by atoms with Crippen molar-refractivity contribution in [3.63, 3.8) is 0 Å². The van der Waals surface area contributed by atoms with Crippen LogP contribution in [-0.2, 0) is 6.54 Å². The molecule has 0 saturated heterocycles. The van der Waals surface area contributed by atoms with Crippen LogP contribution in [0.25, 0.3) is 0 Å². The van der Waals surface area contributed by atoms with E-state index >= 15 is 0 Å². The Kier molecular flexibility index (Phi) is 5.30. The molecule has 26 heavy (non-hydrogen) atoms. The Bertz CT molecular complexity index is 848. The van der Waals surface area contributed by atoms with Gasteiger partial charge in [-0.15, -0.1) is 0 Å². The lowest BCUT2D eigenvalue weighted by Gasteiger charge is -2.18. The van der Waals surface area contributed by atoms with Crippen LogP contribution in [0, 0.1) is 31.1 Å². The molecule has 3 rings (SSSR count). The molecule has 136 valence electrons. The molecule has 0 radical (unpaired) electrons. The zero-order chi connectivity index (χ0) is 18.8. The summed E-state index contributed by atoms with van der Waals surface area (Å²) in [5, 5.41) is 27.1. The Labute approximate surface area is 157 Å². The normalized spacial score (nSPS) is 22.2. The van der Waals surface area contributed by atoms with Crippen LogP contribution in [0.5, 0.6) is 0 Å². The maximum atomic E-state index is 12.7. The predicted octanol–water partition coefficient (Wildman–Crippen LogP) is 2.59. The number of rotatable bonds is 4. The van der Waals surface area contributed by atoms with Crippen LogP contribution in [0.15, 0.2) is 24.5 Å². The van der Waals surface area contributed by atoms with Crippen LogP contribution in [0.3, 0.4) is 0 Å². The Morgan fingerprint density at radius 1 is 1.42 bits per heavy atom. The average Bonchev–Trinajstić information content (AvgIpc) is 3.12. The minimum Gasteiger partial charge on any atom is -0.391 e. The maximum Gasteiger partial charge on any atom is 0.252 e. The molecule has 1 heterocycles. The van der Waals surface area contributed by atoms with Gasteiger partial charge in [-0.1, -0.05) is 11.6 Å². The molecule has 0 aliphatic heterocycles. The van der Waals surface area contributed by atoms with E-state index in [-0.39, 0.29) is 17.9 Å². The Morgan fingerprint density at radius 2 is 2.12 bits per heavy atom. The number of carbonyl (C=O) groups is 1. The topological polar surface area (TPSA) is 90.9 Å². The minimum atomic E-state index is -0.589. The third-order valence-corrected chi connectivity index (χ3v) is 5.07. The summed E-state index contributed by atoms with van der Waals surface area (Å²) in [5.41, 5.74) is 2.62. The lowest BCUT2D eigenvalue weighted by Crippen LogP contribution is -2.40. The van der Waals surface area contributed by atoms with E-state index in [1.165, 1.54) is 0 Å². The van der Waals surface area contributed by atoms with Crippen LogP contribution < -0.4 is 5.32 Å². The summed E-state index contributed by atoms with van der Waals surface area (Å²) in [4.78, 5) is 12.7. The molecule has 1 saturated carbocycles. The average molecular weight is 373 g/mol. The standard InChI is InChI=1S/C19H21ClN4O2/c1-11-3-13(7-21)4-12(2)18(11)19(26)23-16-5-14(6-17(16)25)9-24-10-15(20)8-22-24/h3-4,8,10,14,16-17,25H,5-6,9H2,1-2H3,(H,23,26)/t14?,16-,17-/m1/s1. The molecular weight excluding hydrogens is 352 g/mol. The molecule has 1 aromatic heterocycles. The third-order valence-electron chi connectivity index (χ3n) is 4.88. The van der Waals surface area contributed by atoms with Gasteiger partial charge in [-0.2, -0.15) is 10.4 Å². The molecule has 3 atom stereocenters. The van der Waals surface area contributed by atoms with Crippen LogP contribution in [0.2, 0.25) is 5.02 Å². The van der Waals surface area contributed by atoms with Crippen molar-refractivity contribution in [3.05, 3.63) is 51.8 Å². The summed E-state index contributed by atoms with van der Waals surface area (Å²) in [7, 11) is 0. The first kappa shape index (κ1) is 18.4. The molecule has 7 heteroatoms. The largest absolute Gasteiger partial charge is 0.391 e. The smallest absolute Gasteiger partial charge is 0.252 e. The van der Waals surface area contributed by atoms with Gasteiger partial charge in [0.25, 0.3) is 5.91 Å². The van der Waals surface area contributed by atoms with Crippen LogP contribution >= 0.6 is 11.6 Å². The first-order valence-electron chi connectivity index (χ1n) is 8.55. The number of carbonyl (C=O) groups excluding carboxylic acids is 1. The van der Waals surface area contributed by atoms with Gasteiger partial charge in [0.1, 0.15) is 0 Å². The summed E-state index contributed by atoms with van der Waals surface area (Å²) < 4.78 is 1.76. The van der Waals surface area contributed by atoms with Gasteiger partial charge in [0.15, 0.2) is 0 Å². The SMILES string of the molecule is Cc1cc(C#N)cc(C)c1C(=O)N[C@@H]1CC(Cn2cc(Cl)cn2)C[C@H]1O. The third kappa shape index (κ3) is 3.90. The van der Waals surface area contributed by atoms with Gasteiger partial charge in [0.2, 0.25) is 0 Å². The lowest BCUT2D eigenvalue weighted by molar-refractivity contribution is 0.0871. The van der Waals surface area contributed by atoms with Gasteiger partial charge in [-0.25, -0.2) is 0 Å². The van der Waals surface area contributed by atoms with Crippen LogP contribution in [-0.4, -0.2) is 32.9 Å². The summed E-state index contributed by atoms with van der Waals surface area (Å²) >= 11 is 5.88. The lowest BCUT2D eigenvalue weighted by atomic mass is 9.98. The molecule has 1 unspecified atom stereocenters. The zero-order valence-corrected chi connectivity index (χ0v) is 15.5. The number of amides is 1. The molecule has 6 nitrogen and oxygen atoms in total. The number of halogens is 1. The minimum absolute atomic E-state index is 0.212. The number of aromatic nitrogens is 2. The number of aliphatic hydroxyl groups is 1. The predicted molar refractivity (Wildman–Crippen MR) is 97.9 cm³/mol. The van der Waals surface area contributed by atoms with E-state index in [4.69, 9.17) is 16.9 Å². The summed E-state index contributed by atoms with van der Waals surface area (Å²) in [6.45, 7) is 4.29. The molecule has 1 fully saturated rings. The maximum absolute atomic E-state index is 12.7. The fraction of sp³-hybridized carbons (Fsp3) is 0.421. The molecule has 1 amide bonds.